The molecule has 2 aromatic rings. The van der Waals surface area contributed by atoms with Crippen LogP contribution in [0.25, 0.3) is 0 Å². The van der Waals surface area contributed by atoms with Crippen LogP contribution >= 0.6 is 0 Å². The number of amides is 2. The molecule has 2 fully saturated rings. The molecule has 0 saturated carbocycles. The van der Waals surface area contributed by atoms with Gasteiger partial charge < -0.3 is 10.2 Å². The minimum absolute atomic E-state index is 0.0198. The van der Waals surface area contributed by atoms with Gasteiger partial charge in [-0.15, -0.1) is 0 Å². The van der Waals surface area contributed by atoms with Crippen LogP contribution < -0.4 is 5.32 Å². The number of aryl methyl sites for hydroxylation is 1. The molecule has 1 N–H and O–H groups in total. The van der Waals surface area contributed by atoms with Crippen molar-refractivity contribution < 1.29 is 18.0 Å². The minimum atomic E-state index is -3.40. The molecule has 2 saturated heterocycles. The van der Waals surface area contributed by atoms with E-state index in [1.165, 1.54) is 4.31 Å². The van der Waals surface area contributed by atoms with Crippen molar-refractivity contribution in [2.24, 2.45) is 7.05 Å². The summed E-state index contributed by atoms with van der Waals surface area (Å²) in [6.07, 6.45) is 4.81. The van der Waals surface area contributed by atoms with Crippen LogP contribution in [-0.4, -0.2) is 96.0 Å². The maximum atomic E-state index is 12.8. The Hall–Kier alpha value is -2.76. The lowest BCUT2D eigenvalue weighted by atomic mass is 10.0. The summed E-state index contributed by atoms with van der Waals surface area (Å²) in [4.78, 5) is 29.0. The molecule has 0 radical (unpaired) electrons. The highest BCUT2D eigenvalue weighted by Crippen LogP contribution is 2.15. The van der Waals surface area contributed by atoms with Gasteiger partial charge in [-0.3, -0.25) is 19.2 Å². The zero-order valence-corrected chi connectivity index (χ0v) is 20.3. The number of sulfonamides is 1. The summed E-state index contributed by atoms with van der Waals surface area (Å²) in [5.74, 6) is -0.116. The second-order valence-corrected chi connectivity index (χ2v) is 10.9. The number of rotatable bonds is 7. The molecule has 1 aromatic heterocycles. The summed E-state index contributed by atoms with van der Waals surface area (Å²) in [5, 5.41) is 7.07. The van der Waals surface area contributed by atoms with Crippen molar-refractivity contribution in [3.05, 3.63) is 53.9 Å². The third-order valence-corrected chi connectivity index (χ3v) is 8.28. The maximum absolute atomic E-state index is 12.8. The Balaban J connectivity index is 1.18. The van der Waals surface area contributed by atoms with Crippen molar-refractivity contribution >= 4 is 21.8 Å². The van der Waals surface area contributed by atoms with Crippen LogP contribution in [0, 0.1) is 0 Å². The molecular weight excluding hydrogens is 456 g/mol. The van der Waals surface area contributed by atoms with Gasteiger partial charge in [0.2, 0.25) is 15.9 Å². The van der Waals surface area contributed by atoms with Crippen molar-refractivity contribution in [3.8, 4) is 0 Å². The maximum Gasteiger partial charge on any atom is 0.254 e. The highest BCUT2D eigenvalue weighted by molar-refractivity contribution is 7.88. The van der Waals surface area contributed by atoms with Gasteiger partial charge in [0.15, 0.2) is 0 Å². The topological polar surface area (TPSA) is 108 Å². The lowest BCUT2D eigenvalue weighted by molar-refractivity contribution is -0.133. The minimum Gasteiger partial charge on any atom is -0.349 e. The van der Waals surface area contributed by atoms with Gasteiger partial charge in [0.05, 0.1) is 24.1 Å². The Morgan fingerprint density at radius 1 is 1.03 bits per heavy atom. The third-order valence-electron chi connectivity index (χ3n) is 6.43. The highest BCUT2D eigenvalue weighted by Gasteiger charge is 2.30. The molecule has 1 aromatic carbocycles. The summed E-state index contributed by atoms with van der Waals surface area (Å²) in [6.45, 7) is 3.24. The Bertz CT molecular complexity index is 1090. The first-order chi connectivity index (χ1) is 16.3. The summed E-state index contributed by atoms with van der Waals surface area (Å²) in [7, 11) is -1.63. The fraction of sp³-hybridized carbons (Fsp3) is 0.522. The molecule has 0 unspecified atom stereocenters. The number of carbonyl (C=O) groups is 2. The molecule has 34 heavy (non-hydrogen) atoms. The second-order valence-electron chi connectivity index (χ2n) is 8.95. The molecule has 2 aliphatic rings. The average molecular weight is 489 g/mol. The Morgan fingerprint density at radius 3 is 2.32 bits per heavy atom. The van der Waals surface area contributed by atoms with E-state index in [1.807, 2.05) is 30.3 Å². The van der Waals surface area contributed by atoms with Gasteiger partial charge in [-0.2, -0.15) is 9.40 Å². The summed E-state index contributed by atoms with van der Waals surface area (Å²) >= 11 is 0. The van der Waals surface area contributed by atoms with Crippen LogP contribution in [0.15, 0.2) is 42.7 Å². The first-order valence-electron chi connectivity index (χ1n) is 11.6. The molecule has 0 spiro atoms. The number of nitrogens with zero attached hydrogens (tertiary/aromatic N) is 5. The predicted molar refractivity (Wildman–Crippen MR) is 127 cm³/mol. The van der Waals surface area contributed by atoms with Crippen molar-refractivity contribution in [2.45, 2.75) is 24.6 Å². The van der Waals surface area contributed by atoms with E-state index in [9.17, 15) is 18.0 Å². The van der Waals surface area contributed by atoms with Crippen molar-refractivity contribution in [2.75, 3.05) is 45.8 Å². The lowest BCUT2D eigenvalue weighted by Gasteiger charge is -2.36. The predicted octanol–water partition coefficient (Wildman–Crippen LogP) is 0.289. The number of aromatic nitrogens is 2. The largest absolute Gasteiger partial charge is 0.349 e. The van der Waals surface area contributed by atoms with E-state index < -0.39 is 10.0 Å². The SMILES string of the molecule is Cn1cc(C(=O)NC2CCN(CC(=O)N3CCN(S(=O)(=O)Cc4ccccc4)CC3)CC2)cn1. The van der Waals surface area contributed by atoms with E-state index in [0.717, 1.165) is 31.5 Å². The van der Waals surface area contributed by atoms with E-state index in [-0.39, 0.29) is 23.6 Å². The molecule has 11 heteroatoms. The Kier molecular flexibility index (Phi) is 7.64. The first-order valence-corrected chi connectivity index (χ1v) is 13.2. The van der Waals surface area contributed by atoms with Crippen LogP contribution in [0.1, 0.15) is 28.8 Å². The molecule has 10 nitrogen and oxygen atoms in total. The monoisotopic (exact) mass is 488 g/mol. The first kappa shape index (κ1) is 24.4. The van der Waals surface area contributed by atoms with E-state index in [0.29, 0.717) is 38.3 Å². The van der Waals surface area contributed by atoms with Gasteiger partial charge in [0, 0.05) is 58.6 Å². The number of piperidine rings is 1. The van der Waals surface area contributed by atoms with Crippen molar-refractivity contribution in [3.63, 3.8) is 0 Å². The van der Waals surface area contributed by atoms with Gasteiger partial charge in [0.25, 0.3) is 5.91 Å². The number of hydrogen-bond donors (Lipinski definition) is 1. The number of carbonyl (C=O) groups excluding carboxylic acids is 2. The number of likely N-dealkylation sites (tertiary alicyclic amines) is 1. The molecule has 2 aliphatic heterocycles. The number of nitrogens with one attached hydrogen (secondary N) is 1. The molecule has 2 amide bonds. The van der Waals surface area contributed by atoms with Gasteiger partial charge in [-0.05, 0) is 18.4 Å². The smallest absolute Gasteiger partial charge is 0.254 e. The standard InChI is InChI=1S/C23H32N6O4S/c1-26-16-20(15-24-26)23(31)25-21-7-9-27(10-8-21)17-22(30)28-11-13-29(14-12-28)34(32,33)18-19-5-3-2-4-6-19/h2-6,15-16,21H,7-14,17-18H2,1H3,(H,25,31). The fourth-order valence-corrected chi connectivity index (χ4v) is 5.94. The Labute approximate surface area is 200 Å². The van der Waals surface area contributed by atoms with E-state index in [4.69, 9.17) is 0 Å². The normalized spacial score (nSPS) is 18.7. The lowest BCUT2D eigenvalue weighted by Crippen LogP contribution is -2.53. The zero-order chi connectivity index (χ0) is 24.1. The van der Waals surface area contributed by atoms with Crippen molar-refractivity contribution in [1.82, 2.24) is 29.2 Å². The highest BCUT2D eigenvalue weighted by atomic mass is 32.2. The van der Waals surface area contributed by atoms with Crippen LogP contribution in [0.4, 0.5) is 0 Å². The van der Waals surface area contributed by atoms with E-state index in [2.05, 4.69) is 15.3 Å². The molecule has 184 valence electrons. The zero-order valence-electron chi connectivity index (χ0n) is 19.5. The third kappa shape index (κ3) is 6.22. The van der Waals surface area contributed by atoms with Gasteiger partial charge >= 0.3 is 0 Å². The number of hydrogen-bond acceptors (Lipinski definition) is 6. The molecule has 0 bridgehead atoms. The molecule has 4 rings (SSSR count). The summed E-state index contributed by atoms with van der Waals surface area (Å²) in [6, 6.07) is 9.23. The van der Waals surface area contributed by atoms with Crippen LogP contribution in [0.3, 0.4) is 0 Å². The summed E-state index contributed by atoms with van der Waals surface area (Å²) < 4.78 is 28.5. The quantitative estimate of drug-likeness (QED) is 0.600. The number of piperazine rings is 1. The fourth-order valence-electron chi connectivity index (χ4n) is 4.43. The van der Waals surface area contributed by atoms with Crippen LogP contribution in [0.5, 0.6) is 0 Å². The molecule has 0 atom stereocenters. The second kappa shape index (κ2) is 10.7. The van der Waals surface area contributed by atoms with Crippen LogP contribution in [0.2, 0.25) is 0 Å². The van der Waals surface area contributed by atoms with Crippen molar-refractivity contribution in [1.29, 1.82) is 0 Å². The van der Waals surface area contributed by atoms with E-state index in [1.54, 1.807) is 29.0 Å². The molecular formula is C23H32N6O4S. The molecule has 3 heterocycles. The van der Waals surface area contributed by atoms with Crippen LogP contribution in [-0.2, 0) is 27.6 Å². The average Bonchev–Trinajstić information content (AvgIpc) is 3.27. The van der Waals surface area contributed by atoms with E-state index >= 15 is 0 Å². The molecule has 0 aliphatic carbocycles. The van der Waals surface area contributed by atoms with Gasteiger partial charge in [-0.1, -0.05) is 30.3 Å². The Morgan fingerprint density at radius 2 is 1.71 bits per heavy atom. The summed E-state index contributed by atoms with van der Waals surface area (Å²) in [5.41, 5.74) is 1.31. The number of benzene rings is 1. The van der Waals surface area contributed by atoms with Gasteiger partial charge in [-0.25, -0.2) is 8.42 Å². The van der Waals surface area contributed by atoms with Gasteiger partial charge in [0.1, 0.15) is 0 Å².